The van der Waals surface area contributed by atoms with Crippen LogP contribution in [-0.4, -0.2) is 10.4 Å². The second-order valence-electron chi connectivity index (χ2n) is 9.31. The number of carbonyl (C=O) groups excluding carboxylic acids is 1. The van der Waals surface area contributed by atoms with Crippen LogP contribution in [-0.2, 0) is 6.54 Å². The fraction of sp³-hybridized carbons (Fsp3) is 0.419. The second-order valence-corrected chi connectivity index (χ2v) is 9.31. The van der Waals surface area contributed by atoms with Crippen molar-refractivity contribution in [3.63, 3.8) is 0 Å². The van der Waals surface area contributed by atoms with E-state index < -0.39 is 0 Å². The average Bonchev–Trinajstić information content (AvgIpc) is 2.83. The molecule has 35 heavy (non-hydrogen) atoms. The lowest BCUT2D eigenvalue weighted by atomic mass is 9.79. The van der Waals surface area contributed by atoms with Crippen molar-refractivity contribution < 1.29 is 10.6 Å². The van der Waals surface area contributed by atoms with Gasteiger partial charge in [-0.25, -0.2) is 4.39 Å². The van der Waals surface area contributed by atoms with Gasteiger partial charge in [-0.05, 0) is 65.2 Å². The van der Waals surface area contributed by atoms with Crippen LogP contribution in [0.3, 0.4) is 0 Å². The smallest absolute Gasteiger partial charge is 0.193 e. The number of halogens is 1. The zero-order valence-electron chi connectivity index (χ0n) is 22.7. The molecule has 0 bridgehead atoms. The summed E-state index contributed by atoms with van der Waals surface area (Å²) in [6.45, 7) is 21.0. The van der Waals surface area contributed by atoms with E-state index in [-0.39, 0.29) is 35.9 Å². The first-order valence-corrected chi connectivity index (χ1v) is 12.7. The Morgan fingerprint density at radius 1 is 1.17 bits per heavy atom. The third kappa shape index (κ3) is 8.31. The molecule has 1 aliphatic carbocycles. The number of benzene rings is 1. The molecule has 1 aliphatic rings. The van der Waals surface area contributed by atoms with E-state index >= 15 is 0 Å². The van der Waals surface area contributed by atoms with Crippen LogP contribution in [0.2, 0.25) is 0 Å². The van der Waals surface area contributed by atoms with Gasteiger partial charge in [0.25, 0.3) is 0 Å². The first-order chi connectivity index (χ1) is 16.6. The normalized spacial score (nSPS) is 16.7. The second kappa shape index (κ2) is 14.4. The van der Waals surface area contributed by atoms with E-state index in [0.29, 0.717) is 6.54 Å². The molecule has 2 atom stereocenters. The van der Waals surface area contributed by atoms with Crippen molar-refractivity contribution >= 4 is 16.9 Å². The summed E-state index contributed by atoms with van der Waals surface area (Å²) in [5.74, 6) is 0.643. The maximum Gasteiger partial charge on any atom is 0.193 e. The molecule has 0 saturated carbocycles. The average molecular weight is 482 g/mol. The Labute approximate surface area is 212 Å². The summed E-state index contributed by atoms with van der Waals surface area (Å²) < 4.78 is 15.3. The van der Waals surface area contributed by atoms with Crippen LogP contribution < -0.4 is 5.43 Å². The molecule has 3 rings (SSSR count). The summed E-state index contributed by atoms with van der Waals surface area (Å²) in [5, 5.41) is 0. The van der Waals surface area contributed by atoms with Gasteiger partial charge in [0.2, 0.25) is 0 Å². The first kappa shape index (κ1) is 30.0. The minimum absolute atomic E-state index is 0. The highest BCUT2D eigenvalue weighted by atomic mass is 19.1. The summed E-state index contributed by atoms with van der Waals surface area (Å²) in [6, 6.07) is 8.01. The van der Waals surface area contributed by atoms with Crippen LogP contribution in [0.25, 0.3) is 11.1 Å². The van der Waals surface area contributed by atoms with E-state index in [0.717, 1.165) is 34.7 Å². The number of carbonyl (C=O) groups is 1. The Morgan fingerprint density at radius 3 is 2.26 bits per heavy atom. The summed E-state index contributed by atoms with van der Waals surface area (Å²) in [6.07, 6.45) is 7.95. The molecular weight excluding hydrogens is 437 g/mol. The van der Waals surface area contributed by atoms with Gasteiger partial charge in [-0.15, -0.1) is 0 Å². The highest BCUT2D eigenvalue weighted by Gasteiger charge is 2.25. The molecule has 2 unspecified atom stereocenters. The number of allylic oxidation sites excluding steroid dienone is 5. The van der Waals surface area contributed by atoms with Gasteiger partial charge in [-0.3, -0.25) is 9.59 Å². The fourth-order valence-electron chi connectivity index (χ4n) is 3.73. The van der Waals surface area contributed by atoms with E-state index in [2.05, 4.69) is 60.3 Å². The Bertz CT molecular complexity index is 1110. The molecule has 0 spiro atoms. The van der Waals surface area contributed by atoms with Gasteiger partial charge in [0.05, 0.1) is 5.56 Å². The molecule has 3 nitrogen and oxygen atoms in total. The van der Waals surface area contributed by atoms with Crippen molar-refractivity contribution in [2.24, 2.45) is 17.8 Å². The number of nitrogens with zero attached hydrogens (tertiary/aromatic N) is 1. The quantitative estimate of drug-likeness (QED) is 0.307. The van der Waals surface area contributed by atoms with Crippen LogP contribution in [0.4, 0.5) is 4.39 Å². The van der Waals surface area contributed by atoms with Crippen molar-refractivity contribution in [1.29, 1.82) is 0 Å². The van der Waals surface area contributed by atoms with E-state index in [1.807, 2.05) is 18.4 Å². The summed E-state index contributed by atoms with van der Waals surface area (Å²) >= 11 is 0. The van der Waals surface area contributed by atoms with Crippen molar-refractivity contribution in [3.05, 3.63) is 94.2 Å². The lowest BCUT2D eigenvalue weighted by Gasteiger charge is -2.28. The predicted molar refractivity (Wildman–Crippen MR) is 150 cm³/mol. The third-order valence-electron chi connectivity index (χ3n) is 5.55. The van der Waals surface area contributed by atoms with Crippen LogP contribution in [0, 0.1) is 23.6 Å². The molecule has 1 aromatic carbocycles. The molecule has 0 aliphatic heterocycles. The van der Waals surface area contributed by atoms with E-state index in [4.69, 9.17) is 0 Å². The minimum atomic E-state index is -0.364. The monoisotopic (exact) mass is 481 g/mol. The van der Waals surface area contributed by atoms with Gasteiger partial charge in [-0.1, -0.05) is 80.2 Å². The van der Waals surface area contributed by atoms with Gasteiger partial charge in [0.15, 0.2) is 11.2 Å². The van der Waals surface area contributed by atoms with Gasteiger partial charge >= 0.3 is 0 Å². The zero-order valence-corrected chi connectivity index (χ0v) is 22.7. The molecule has 0 N–H and O–H groups in total. The molecule has 0 radical (unpaired) electrons. The lowest BCUT2D eigenvalue weighted by molar-refractivity contribution is 0.104. The molecule has 1 aromatic heterocycles. The SMILES string of the molecule is C=CC(=O)c1cn(CCC)c(C2=CC(c3ccc(F)cc3)=CC(C)C2C)cc1=O.CC.CC(C)C.[HH]. The van der Waals surface area contributed by atoms with Crippen molar-refractivity contribution in [1.82, 2.24) is 4.57 Å². The van der Waals surface area contributed by atoms with E-state index in [1.54, 1.807) is 24.4 Å². The lowest BCUT2D eigenvalue weighted by Crippen LogP contribution is -2.22. The van der Waals surface area contributed by atoms with Gasteiger partial charge in [0.1, 0.15) is 5.82 Å². The first-order valence-electron chi connectivity index (χ1n) is 12.7. The van der Waals surface area contributed by atoms with Crippen LogP contribution in [0.1, 0.15) is 84.9 Å². The Morgan fingerprint density at radius 2 is 1.74 bits per heavy atom. The number of aryl methyl sites for hydroxylation is 1. The topological polar surface area (TPSA) is 39.1 Å². The fourth-order valence-corrected chi connectivity index (χ4v) is 3.73. The Hall–Kier alpha value is -3.01. The Kier molecular flexibility index (Phi) is 12.4. The largest absolute Gasteiger partial charge is 0.347 e. The maximum atomic E-state index is 13.3. The van der Waals surface area contributed by atoms with Gasteiger partial charge < -0.3 is 4.57 Å². The zero-order chi connectivity index (χ0) is 26.7. The molecule has 4 heteroatoms. The molecular formula is C31H44FNO2. The highest BCUT2D eigenvalue weighted by Crippen LogP contribution is 2.38. The molecule has 2 aromatic rings. The van der Waals surface area contributed by atoms with Crippen molar-refractivity contribution in [3.8, 4) is 0 Å². The maximum absolute atomic E-state index is 13.3. The predicted octanol–water partition coefficient (Wildman–Crippen LogP) is 8.45. The number of rotatable bonds is 6. The number of ketones is 1. The summed E-state index contributed by atoms with van der Waals surface area (Å²) in [4.78, 5) is 24.7. The number of pyridine rings is 1. The summed E-state index contributed by atoms with van der Waals surface area (Å²) in [5.41, 5.74) is 3.66. The standard InChI is InChI=1S/C25H26FNO2.C4H10.C2H6.H2/c1-5-11-27-15-22(24(28)6-2)25(29)14-23(27)21-13-19(12-16(3)17(21)4)18-7-9-20(26)10-8-18;1-4(2)3;1-2;/h6-10,12-17H,2,5,11H2,1,3-4H3;4H,1-3H3;1-2H3;1H. The van der Waals surface area contributed by atoms with Crippen LogP contribution in [0.5, 0.6) is 0 Å². The minimum Gasteiger partial charge on any atom is -0.347 e. The Balaban J connectivity index is 0.00000159. The van der Waals surface area contributed by atoms with Crippen molar-refractivity contribution in [2.75, 3.05) is 0 Å². The summed E-state index contributed by atoms with van der Waals surface area (Å²) in [7, 11) is 0. The molecule has 192 valence electrons. The van der Waals surface area contributed by atoms with E-state index in [9.17, 15) is 14.0 Å². The molecule has 0 saturated heterocycles. The highest BCUT2D eigenvalue weighted by molar-refractivity contribution is 6.04. The van der Waals surface area contributed by atoms with Crippen LogP contribution >= 0.6 is 0 Å². The number of hydrogen-bond donors (Lipinski definition) is 0. The van der Waals surface area contributed by atoms with Gasteiger partial charge in [0, 0.05) is 25.9 Å². The number of aromatic nitrogens is 1. The molecule has 0 fully saturated rings. The van der Waals surface area contributed by atoms with E-state index in [1.165, 1.54) is 18.2 Å². The van der Waals surface area contributed by atoms with Crippen molar-refractivity contribution in [2.45, 2.75) is 68.4 Å². The van der Waals surface area contributed by atoms with Gasteiger partial charge in [-0.2, -0.15) is 0 Å². The third-order valence-corrected chi connectivity index (χ3v) is 5.55. The number of hydrogen-bond acceptors (Lipinski definition) is 2. The van der Waals surface area contributed by atoms with Crippen LogP contribution in [0.15, 0.2) is 66.1 Å². The molecule has 1 heterocycles. The molecule has 0 amide bonds.